The maximum Gasteiger partial charge on any atom is 1.00 e. The van der Waals surface area contributed by atoms with E-state index in [-0.39, 0.29) is 92.8 Å². The van der Waals surface area contributed by atoms with E-state index in [1.54, 1.807) is 0 Å². The van der Waals surface area contributed by atoms with E-state index in [0.29, 0.717) is 37.5 Å². The number of ketones is 4. The molecule has 0 heterocycles. The zero-order valence-corrected chi connectivity index (χ0v) is 53.3. The minimum absolute atomic E-state index is 0. The first-order valence-electron chi connectivity index (χ1n) is 27.3. The maximum atomic E-state index is 13.7. The van der Waals surface area contributed by atoms with Crippen LogP contribution in [0.15, 0.2) is 94.1 Å². The van der Waals surface area contributed by atoms with Crippen molar-refractivity contribution in [3.8, 4) is 0 Å². The quantitative estimate of drug-likeness (QED) is 0.147. The summed E-state index contributed by atoms with van der Waals surface area (Å²) in [5, 5.41) is 0. The SMILES string of the molecule is C.COCC(=O)[C@@]1(OC(C)=O)CCC2C3CCC4=CC(=O)CCC4=C3[C@@H](c3ccc(N(C)C)cc3)CC21C.COCC(=O)[C@@]1(OC(C)=O)CCC2C3CCC4=CC(=O)CCC4=C3[C@@H](c3ccc(N(C)C)cc3)CC21C.I.II.[H+]. The summed E-state index contributed by atoms with van der Waals surface area (Å²) < 4.78 is 22.7. The van der Waals surface area contributed by atoms with Gasteiger partial charge in [-0.15, -0.1) is 24.0 Å². The molecule has 0 amide bonds. The van der Waals surface area contributed by atoms with Gasteiger partial charge in [-0.25, -0.2) is 0 Å². The molecule has 4 fully saturated rings. The Morgan fingerprint density at radius 2 is 0.923 bits per heavy atom. The summed E-state index contributed by atoms with van der Waals surface area (Å²) in [7, 11) is 11.2. The van der Waals surface area contributed by atoms with Crippen LogP contribution < -0.4 is 9.80 Å². The van der Waals surface area contributed by atoms with Crippen LogP contribution in [0.3, 0.4) is 0 Å². The number of Topliss-reactive ketones (excluding diaryl/α,β-unsaturated/α-hetero) is 2. The number of rotatable bonds is 12. The fourth-order valence-corrected chi connectivity index (χ4v) is 16.3. The number of hydrogen-bond donors (Lipinski definition) is 0. The van der Waals surface area contributed by atoms with Crippen LogP contribution in [0.2, 0.25) is 0 Å². The Kier molecular flexibility index (Phi) is 21.2. The van der Waals surface area contributed by atoms with E-state index in [1.807, 2.05) is 40.3 Å². The van der Waals surface area contributed by atoms with Crippen LogP contribution in [-0.4, -0.2) is 102 Å². The second-order valence-corrected chi connectivity index (χ2v) is 23.6. The summed E-state index contributed by atoms with van der Waals surface area (Å²) in [5.41, 5.74) is 9.39. The Bertz CT molecular complexity index is 2570. The van der Waals surface area contributed by atoms with Crippen molar-refractivity contribution in [3.63, 3.8) is 0 Å². The van der Waals surface area contributed by atoms with Gasteiger partial charge in [0.2, 0.25) is 11.6 Å². The van der Waals surface area contributed by atoms with Gasteiger partial charge < -0.3 is 28.7 Å². The second kappa shape index (κ2) is 25.9. The van der Waals surface area contributed by atoms with E-state index in [9.17, 15) is 28.8 Å². The molecule has 0 radical (unpaired) electrons. The van der Waals surface area contributed by atoms with Gasteiger partial charge in [0, 0.05) is 140 Å². The van der Waals surface area contributed by atoms with Crippen molar-refractivity contribution in [2.24, 2.45) is 34.5 Å². The molecule has 0 spiro atoms. The number of benzene rings is 2. The minimum atomic E-state index is -1.18. The zero-order valence-electron chi connectivity index (χ0n) is 47.7. The molecular weight excluding hydrogens is 1330 g/mol. The highest BCUT2D eigenvalue weighted by atomic mass is 128. The number of allylic oxidation sites excluding steroid dienone is 8. The Labute approximate surface area is 505 Å². The number of carbonyl (C=O) groups is 6. The Morgan fingerprint density at radius 1 is 0.577 bits per heavy atom. The lowest BCUT2D eigenvalue weighted by atomic mass is 9.50. The zero-order chi connectivity index (χ0) is 55.1. The van der Waals surface area contributed by atoms with Crippen LogP contribution in [-0.2, 0) is 47.7 Å². The lowest BCUT2D eigenvalue weighted by molar-refractivity contribution is -0.185. The van der Waals surface area contributed by atoms with Crippen LogP contribution in [0.5, 0.6) is 0 Å². The normalized spacial score (nSPS) is 31.1. The third-order valence-corrected chi connectivity index (χ3v) is 19.4. The number of anilines is 2. The minimum Gasteiger partial charge on any atom is -0.451 e. The molecule has 0 N–H and O–H groups in total. The third-order valence-electron chi connectivity index (χ3n) is 19.4. The standard InChI is InChI=1S/2C31H39NO5.CH4.I2.HI/c2*1-19(33)37-31(28(35)18-36-5)15-14-27-25-12-8-21-16-23(34)11-13-24(21)29(25)26(17-30(27,31)2)20-6-9-22(10-7-20)32(3)4;;1-2;/h2*6-7,9-10,16,25-27H,8,11-15,17-18H2,1-5H3;1H4;;1H/p+1/t2*25?,26-,27?,30?,31+;;;/m11.../s1. The van der Waals surface area contributed by atoms with Gasteiger partial charge >= 0.3 is 13.4 Å². The fraction of sp³-hybridized carbons (Fsp3) is 0.587. The molecule has 10 atom stereocenters. The molecule has 0 saturated heterocycles. The summed E-state index contributed by atoms with van der Waals surface area (Å²) in [6.07, 6.45) is 14.3. The van der Waals surface area contributed by atoms with Gasteiger partial charge in [0.05, 0.1) is 0 Å². The predicted molar refractivity (Wildman–Crippen MR) is 336 cm³/mol. The van der Waals surface area contributed by atoms with Crippen molar-refractivity contribution >= 4 is 108 Å². The first kappa shape index (κ1) is 63.9. The van der Waals surface area contributed by atoms with Crippen molar-refractivity contribution in [3.05, 3.63) is 105 Å². The molecule has 10 rings (SSSR count). The first-order valence-corrected chi connectivity index (χ1v) is 33.6. The predicted octanol–water partition coefficient (Wildman–Crippen LogP) is 13.5. The summed E-state index contributed by atoms with van der Waals surface area (Å²) >= 11 is 4.24. The Morgan fingerprint density at radius 3 is 1.23 bits per heavy atom. The molecule has 8 aliphatic rings. The molecule has 2 aromatic rings. The van der Waals surface area contributed by atoms with E-state index in [2.05, 4.69) is 109 Å². The fourth-order valence-electron chi connectivity index (χ4n) is 16.3. The summed E-state index contributed by atoms with van der Waals surface area (Å²) in [5.74, 6) is 0.601. The van der Waals surface area contributed by atoms with Gasteiger partial charge in [-0.1, -0.05) is 56.7 Å². The van der Waals surface area contributed by atoms with Crippen molar-refractivity contribution in [1.29, 1.82) is 0 Å². The molecule has 0 bridgehead atoms. The van der Waals surface area contributed by atoms with Crippen LogP contribution in [0.1, 0.15) is 149 Å². The first-order chi connectivity index (χ1) is 36.2. The maximum absolute atomic E-state index is 13.7. The van der Waals surface area contributed by atoms with Gasteiger partial charge in [-0.2, -0.15) is 0 Å². The van der Waals surface area contributed by atoms with Crippen molar-refractivity contribution in [2.45, 2.75) is 148 Å². The lowest BCUT2D eigenvalue weighted by Gasteiger charge is -2.55. The molecule has 426 valence electrons. The van der Waals surface area contributed by atoms with E-state index < -0.39 is 34.0 Å². The molecule has 2 aromatic carbocycles. The van der Waals surface area contributed by atoms with Crippen molar-refractivity contribution in [1.82, 2.24) is 0 Å². The average Bonchev–Trinajstić information content (AvgIpc) is 4.06. The molecule has 4 saturated carbocycles. The van der Waals surface area contributed by atoms with Crippen LogP contribution in [0.25, 0.3) is 0 Å². The molecule has 6 unspecified atom stereocenters. The number of hydrogen-bond acceptors (Lipinski definition) is 12. The highest BCUT2D eigenvalue weighted by molar-refractivity contribution is 15.0. The highest BCUT2D eigenvalue weighted by Gasteiger charge is 2.69. The third kappa shape index (κ3) is 11.5. The monoisotopic (exact) mass is 1410 g/mol. The molecule has 12 nitrogen and oxygen atoms in total. The van der Waals surface area contributed by atoms with Crippen LogP contribution in [0, 0.1) is 34.5 Å². The van der Waals surface area contributed by atoms with E-state index in [1.165, 1.54) is 72.6 Å². The van der Waals surface area contributed by atoms with E-state index in [4.69, 9.17) is 18.9 Å². The van der Waals surface area contributed by atoms with Gasteiger partial charge in [0.1, 0.15) is 13.2 Å². The number of halogens is 3. The molecule has 8 aliphatic carbocycles. The van der Waals surface area contributed by atoms with E-state index in [0.717, 1.165) is 75.6 Å². The van der Waals surface area contributed by atoms with Crippen molar-refractivity contribution in [2.75, 3.05) is 65.4 Å². The molecular formula is C63H84I3N2O10+. The van der Waals surface area contributed by atoms with Gasteiger partial charge in [0.15, 0.2) is 22.8 Å². The molecule has 15 heteroatoms. The summed E-state index contributed by atoms with van der Waals surface area (Å²) in [6, 6.07) is 17.4. The Hall–Kier alpha value is -3.27. The van der Waals surface area contributed by atoms with Gasteiger partial charge in [-0.3, -0.25) is 28.8 Å². The summed E-state index contributed by atoms with van der Waals surface area (Å²) in [6.45, 7) is 7.04. The molecule has 78 heavy (non-hydrogen) atoms. The number of methoxy groups -OCH3 is 2. The van der Waals surface area contributed by atoms with E-state index >= 15 is 0 Å². The number of nitrogens with zero attached hydrogens (tertiary/aromatic N) is 2. The van der Waals surface area contributed by atoms with Crippen LogP contribution >= 0.6 is 61.2 Å². The number of ether oxygens (including phenoxy) is 4. The van der Waals surface area contributed by atoms with Crippen molar-refractivity contribution < 1.29 is 49.1 Å². The number of esters is 2. The largest absolute Gasteiger partial charge is 1.00 e. The highest BCUT2D eigenvalue weighted by Crippen LogP contribution is 2.70. The van der Waals surface area contributed by atoms with Crippen LogP contribution in [0.4, 0.5) is 11.4 Å². The molecule has 0 aromatic heterocycles. The summed E-state index contributed by atoms with van der Waals surface area (Å²) in [4.78, 5) is 81.0. The number of fused-ring (bicyclic) bond motifs is 8. The average molecular weight is 1410 g/mol. The molecule has 0 aliphatic heterocycles. The van der Waals surface area contributed by atoms with Gasteiger partial charge in [-0.05, 0) is 171 Å². The number of carbonyl (C=O) groups excluding carboxylic acids is 6. The topological polar surface area (TPSA) is 146 Å². The second-order valence-electron chi connectivity index (χ2n) is 23.6. The Balaban J connectivity index is 0.000000272. The smallest absolute Gasteiger partial charge is 0.451 e. The lowest BCUT2D eigenvalue weighted by Crippen LogP contribution is -2.58. The van der Waals surface area contributed by atoms with Gasteiger partial charge in [0.25, 0.3) is 0 Å².